The van der Waals surface area contributed by atoms with Crippen LogP contribution in [-0.2, 0) is 0 Å². The maximum atomic E-state index is 13.2. The normalized spacial score (nSPS) is 14.1. The van der Waals surface area contributed by atoms with Crippen LogP contribution in [0.15, 0.2) is 83.6 Å². The topological polar surface area (TPSA) is 84.0 Å². The molecular formula is C26H21N5O3. The Morgan fingerprint density at radius 3 is 2.32 bits per heavy atom. The van der Waals surface area contributed by atoms with Gasteiger partial charge in [0.25, 0.3) is 11.8 Å². The first-order valence-corrected chi connectivity index (χ1v) is 11.1. The SMILES string of the molecule is O=C(c1cc2nccc(-c3ccc4ccccc4c3)n2n1)N1CCN(C(=O)c2ccco2)CC1. The molecule has 2 amide bonds. The van der Waals surface area contributed by atoms with Crippen LogP contribution in [0.2, 0.25) is 0 Å². The summed E-state index contributed by atoms with van der Waals surface area (Å²) in [5, 5.41) is 6.91. The molecule has 4 heterocycles. The zero-order valence-corrected chi connectivity index (χ0v) is 18.3. The van der Waals surface area contributed by atoms with Crippen LogP contribution < -0.4 is 0 Å². The molecule has 1 aliphatic heterocycles. The Labute approximate surface area is 195 Å². The molecule has 1 fully saturated rings. The first kappa shape index (κ1) is 20.2. The Kier molecular flexibility index (Phi) is 4.83. The van der Waals surface area contributed by atoms with Crippen LogP contribution >= 0.6 is 0 Å². The minimum atomic E-state index is -0.167. The van der Waals surface area contributed by atoms with Crippen molar-refractivity contribution < 1.29 is 14.0 Å². The quantitative estimate of drug-likeness (QED) is 0.417. The van der Waals surface area contributed by atoms with Gasteiger partial charge in [-0.25, -0.2) is 9.50 Å². The number of nitrogens with zero attached hydrogens (tertiary/aromatic N) is 5. The van der Waals surface area contributed by atoms with Crippen molar-refractivity contribution in [1.82, 2.24) is 24.4 Å². The first-order chi connectivity index (χ1) is 16.7. The molecule has 0 aliphatic carbocycles. The van der Waals surface area contributed by atoms with Crippen LogP contribution in [0.1, 0.15) is 21.0 Å². The van der Waals surface area contributed by atoms with E-state index >= 15 is 0 Å². The van der Waals surface area contributed by atoms with Crippen LogP contribution in [0.3, 0.4) is 0 Å². The third kappa shape index (κ3) is 3.49. The highest BCUT2D eigenvalue weighted by atomic mass is 16.3. The summed E-state index contributed by atoms with van der Waals surface area (Å²) in [6, 6.07) is 21.4. The molecular weight excluding hydrogens is 430 g/mol. The Hall–Kier alpha value is -4.46. The minimum Gasteiger partial charge on any atom is -0.459 e. The van der Waals surface area contributed by atoms with Crippen molar-refractivity contribution in [2.24, 2.45) is 0 Å². The number of benzene rings is 2. The van der Waals surface area contributed by atoms with E-state index < -0.39 is 0 Å². The lowest BCUT2D eigenvalue weighted by Gasteiger charge is -2.33. The molecule has 0 spiro atoms. The summed E-state index contributed by atoms with van der Waals surface area (Å²) in [4.78, 5) is 33.5. The molecule has 0 atom stereocenters. The maximum Gasteiger partial charge on any atom is 0.289 e. The zero-order valence-electron chi connectivity index (χ0n) is 18.3. The Morgan fingerprint density at radius 1 is 0.794 bits per heavy atom. The van der Waals surface area contributed by atoms with Crippen LogP contribution in [0.4, 0.5) is 0 Å². The van der Waals surface area contributed by atoms with Crippen LogP contribution in [0.25, 0.3) is 27.7 Å². The molecule has 0 radical (unpaired) electrons. The number of rotatable bonds is 3. The van der Waals surface area contributed by atoms with E-state index in [-0.39, 0.29) is 11.8 Å². The van der Waals surface area contributed by atoms with E-state index in [1.54, 1.807) is 38.7 Å². The van der Waals surface area contributed by atoms with Gasteiger partial charge in [-0.05, 0) is 35.0 Å². The second-order valence-electron chi connectivity index (χ2n) is 8.25. The average Bonchev–Trinajstić information content (AvgIpc) is 3.58. The highest BCUT2D eigenvalue weighted by Gasteiger charge is 2.28. The van der Waals surface area contributed by atoms with E-state index in [0.717, 1.165) is 22.0 Å². The molecule has 8 nitrogen and oxygen atoms in total. The fraction of sp³-hybridized carbons (Fsp3) is 0.154. The summed E-state index contributed by atoms with van der Waals surface area (Å²) in [5.74, 6) is -0.0125. The zero-order chi connectivity index (χ0) is 23.1. The predicted octanol–water partition coefficient (Wildman–Crippen LogP) is 3.74. The number of furan rings is 1. The molecule has 34 heavy (non-hydrogen) atoms. The number of hydrogen-bond acceptors (Lipinski definition) is 5. The van der Waals surface area contributed by atoms with Gasteiger partial charge in [0.15, 0.2) is 17.1 Å². The van der Waals surface area contributed by atoms with E-state index in [4.69, 9.17) is 4.42 Å². The molecule has 0 bridgehead atoms. The Bertz CT molecular complexity index is 1510. The number of aromatic nitrogens is 3. The van der Waals surface area contributed by atoms with Gasteiger partial charge in [-0.2, -0.15) is 5.10 Å². The smallest absolute Gasteiger partial charge is 0.289 e. The van der Waals surface area contributed by atoms with Crippen LogP contribution in [0, 0.1) is 0 Å². The highest BCUT2D eigenvalue weighted by molar-refractivity contribution is 5.95. The van der Waals surface area contributed by atoms with Gasteiger partial charge in [-0.3, -0.25) is 9.59 Å². The van der Waals surface area contributed by atoms with Crippen molar-refractivity contribution >= 4 is 28.2 Å². The summed E-state index contributed by atoms with van der Waals surface area (Å²) in [7, 11) is 0. The summed E-state index contributed by atoms with van der Waals surface area (Å²) in [5.41, 5.74) is 2.81. The molecule has 2 aromatic carbocycles. The lowest BCUT2D eigenvalue weighted by atomic mass is 10.1. The van der Waals surface area contributed by atoms with E-state index in [0.29, 0.717) is 43.3 Å². The molecule has 1 aliphatic rings. The largest absolute Gasteiger partial charge is 0.459 e. The fourth-order valence-corrected chi connectivity index (χ4v) is 4.40. The number of hydrogen-bond donors (Lipinski definition) is 0. The Morgan fingerprint density at radius 2 is 1.56 bits per heavy atom. The third-order valence-corrected chi connectivity index (χ3v) is 6.21. The van der Waals surface area contributed by atoms with Crippen molar-refractivity contribution in [3.05, 3.63) is 90.6 Å². The maximum absolute atomic E-state index is 13.2. The van der Waals surface area contributed by atoms with Gasteiger partial charge in [0.05, 0.1) is 12.0 Å². The fourth-order valence-electron chi connectivity index (χ4n) is 4.40. The monoisotopic (exact) mass is 451 g/mol. The number of amides is 2. The minimum absolute atomic E-state index is 0.158. The molecule has 0 N–H and O–H groups in total. The van der Waals surface area contributed by atoms with Gasteiger partial charge in [-0.1, -0.05) is 36.4 Å². The molecule has 0 unspecified atom stereocenters. The van der Waals surface area contributed by atoms with Crippen molar-refractivity contribution in [2.45, 2.75) is 0 Å². The van der Waals surface area contributed by atoms with E-state index in [1.807, 2.05) is 18.2 Å². The number of piperazine rings is 1. The molecule has 8 heteroatoms. The summed E-state index contributed by atoms with van der Waals surface area (Å²) in [6.07, 6.45) is 3.21. The van der Waals surface area contributed by atoms with Crippen molar-refractivity contribution in [1.29, 1.82) is 0 Å². The molecule has 3 aromatic heterocycles. The second kappa shape index (κ2) is 8.15. The summed E-state index contributed by atoms with van der Waals surface area (Å²) < 4.78 is 6.92. The molecule has 5 aromatic rings. The van der Waals surface area contributed by atoms with Gasteiger partial charge in [0.1, 0.15) is 0 Å². The third-order valence-electron chi connectivity index (χ3n) is 6.21. The van der Waals surface area contributed by atoms with Crippen LogP contribution in [0.5, 0.6) is 0 Å². The lowest BCUT2D eigenvalue weighted by molar-refractivity contribution is 0.0515. The molecule has 6 rings (SSSR count). The van der Waals surface area contributed by atoms with Crippen LogP contribution in [-0.4, -0.2) is 62.4 Å². The van der Waals surface area contributed by atoms with Crippen molar-refractivity contribution in [3.8, 4) is 11.3 Å². The Balaban J connectivity index is 1.24. The van der Waals surface area contributed by atoms with Gasteiger partial charge >= 0.3 is 0 Å². The van der Waals surface area contributed by atoms with Gasteiger partial charge < -0.3 is 14.2 Å². The summed E-state index contributed by atoms with van der Waals surface area (Å²) in [6.45, 7) is 1.76. The lowest BCUT2D eigenvalue weighted by Crippen LogP contribution is -2.50. The van der Waals surface area contributed by atoms with Crippen molar-refractivity contribution in [3.63, 3.8) is 0 Å². The number of fused-ring (bicyclic) bond motifs is 2. The number of carbonyl (C=O) groups excluding carboxylic acids is 2. The standard InChI is InChI=1S/C26H21N5O3/c32-25(29-11-13-30(14-12-29)26(33)23-6-3-15-34-23)21-17-24-27-10-9-22(31(24)28-21)20-8-7-18-4-1-2-5-19(18)16-20/h1-10,15-17H,11-14H2. The molecule has 1 saturated heterocycles. The van der Waals surface area contributed by atoms with E-state index in [2.05, 4.69) is 40.4 Å². The average molecular weight is 451 g/mol. The molecule has 168 valence electrons. The van der Waals surface area contributed by atoms with Gasteiger partial charge in [-0.15, -0.1) is 0 Å². The predicted molar refractivity (Wildman–Crippen MR) is 126 cm³/mol. The van der Waals surface area contributed by atoms with Gasteiger partial charge in [0, 0.05) is 44.0 Å². The van der Waals surface area contributed by atoms with Gasteiger partial charge in [0.2, 0.25) is 0 Å². The van der Waals surface area contributed by atoms with Crippen molar-refractivity contribution in [2.75, 3.05) is 26.2 Å². The van der Waals surface area contributed by atoms with E-state index in [9.17, 15) is 9.59 Å². The number of carbonyl (C=O) groups is 2. The highest BCUT2D eigenvalue weighted by Crippen LogP contribution is 2.25. The van der Waals surface area contributed by atoms with E-state index in [1.165, 1.54) is 6.26 Å². The first-order valence-electron chi connectivity index (χ1n) is 11.1. The molecule has 0 saturated carbocycles. The summed E-state index contributed by atoms with van der Waals surface area (Å²) >= 11 is 0. The second-order valence-corrected chi connectivity index (χ2v) is 8.25.